The van der Waals surface area contributed by atoms with Crippen LogP contribution in [0.25, 0.3) is 0 Å². The standard InChI is InChI=1S/C14H19Cl2N3O/c1-2-19-7-5-11(6-8-19)17-14(20)18-13-4-3-10(15)9-12(13)16/h3-4,9,11H,2,5-8H2,1H3,(H2,17,18,20). The molecule has 0 radical (unpaired) electrons. The molecule has 2 rings (SSSR count). The lowest BCUT2D eigenvalue weighted by atomic mass is 10.1. The first-order valence-corrected chi connectivity index (χ1v) is 7.59. The van der Waals surface area contributed by atoms with Gasteiger partial charge in [0.2, 0.25) is 0 Å². The maximum atomic E-state index is 11.9. The molecule has 6 heteroatoms. The van der Waals surface area contributed by atoms with E-state index in [0.717, 1.165) is 32.5 Å². The number of anilines is 1. The van der Waals surface area contributed by atoms with Gasteiger partial charge in [-0.2, -0.15) is 0 Å². The predicted molar refractivity (Wildman–Crippen MR) is 83.8 cm³/mol. The molecule has 110 valence electrons. The fourth-order valence-electron chi connectivity index (χ4n) is 2.33. The van der Waals surface area contributed by atoms with Gasteiger partial charge in [0.1, 0.15) is 0 Å². The van der Waals surface area contributed by atoms with E-state index >= 15 is 0 Å². The van der Waals surface area contributed by atoms with Crippen LogP contribution in [-0.4, -0.2) is 36.6 Å². The van der Waals surface area contributed by atoms with Gasteiger partial charge in [-0.15, -0.1) is 0 Å². The van der Waals surface area contributed by atoms with Crippen molar-refractivity contribution in [1.29, 1.82) is 0 Å². The number of carbonyl (C=O) groups is 1. The Bertz CT molecular complexity index is 473. The maximum Gasteiger partial charge on any atom is 0.319 e. The zero-order valence-electron chi connectivity index (χ0n) is 11.5. The molecule has 1 aliphatic heterocycles. The molecular weight excluding hydrogens is 297 g/mol. The zero-order valence-corrected chi connectivity index (χ0v) is 13.0. The molecule has 0 spiro atoms. The highest BCUT2D eigenvalue weighted by molar-refractivity contribution is 6.36. The number of benzene rings is 1. The number of hydrogen-bond acceptors (Lipinski definition) is 2. The van der Waals surface area contributed by atoms with E-state index in [9.17, 15) is 4.79 Å². The van der Waals surface area contributed by atoms with Crippen molar-refractivity contribution in [2.24, 2.45) is 0 Å². The molecule has 1 aromatic rings. The van der Waals surface area contributed by atoms with Gasteiger partial charge in [0.15, 0.2) is 0 Å². The molecule has 0 bridgehead atoms. The van der Waals surface area contributed by atoms with Crippen LogP contribution in [0.5, 0.6) is 0 Å². The summed E-state index contributed by atoms with van der Waals surface area (Å²) in [6.45, 7) is 5.29. The van der Waals surface area contributed by atoms with Gasteiger partial charge < -0.3 is 15.5 Å². The lowest BCUT2D eigenvalue weighted by Gasteiger charge is -2.31. The van der Waals surface area contributed by atoms with Crippen molar-refractivity contribution in [3.8, 4) is 0 Å². The van der Waals surface area contributed by atoms with E-state index in [1.54, 1.807) is 18.2 Å². The third-order valence-corrected chi connectivity index (χ3v) is 4.10. The van der Waals surface area contributed by atoms with Crippen LogP contribution in [0, 0.1) is 0 Å². The van der Waals surface area contributed by atoms with Crippen LogP contribution in [-0.2, 0) is 0 Å². The normalized spacial score (nSPS) is 16.9. The smallest absolute Gasteiger partial charge is 0.319 e. The fourth-order valence-corrected chi connectivity index (χ4v) is 2.78. The van der Waals surface area contributed by atoms with Crippen LogP contribution in [0.1, 0.15) is 19.8 Å². The van der Waals surface area contributed by atoms with Crippen molar-refractivity contribution >= 4 is 34.9 Å². The summed E-state index contributed by atoms with van der Waals surface area (Å²) >= 11 is 11.8. The predicted octanol–water partition coefficient (Wildman–Crippen LogP) is 3.60. The molecule has 1 fully saturated rings. The lowest BCUT2D eigenvalue weighted by Crippen LogP contribution is -2.45. The first kappa shape index (κ1) is 15.4. The number of nitrogens with zero attached hydrogens (tertiary/aromatic N) is 1. The molecule has 20 heavy (non-hydrogen) atoms. The Morgan fingerprint density at radius 3 is 2.65 bits per heavy atom. The minimum Gasteiger partial charge on any atom is -0.335 e. The van der Waals surface area contributed by atoms with Crippen LogP contribution in [0.15, 0.2) is 18.2 Å². The summed E-state index contributed by atoms with van der Waals surface area (Å²) in [5, 5.41) is 6.73. The van der Waals surface area contributed by atoms with E-state index in [-0.39, 0.29) is 12.1 Å². The van der Waals surface area contributed by atoms with Crippen molar-refractivity contribution < 1.29 is 4.79 Å². The number of rotatable bonds is 3. The molecule has 1 aliphatic rings. The summed E-state index contributed by atoms with van der Waals surface area (Å²) in [4.78, 5) is 14.3. The fraction of sp³-hybridized carbons (Fsp3) is 0.500. The molecule has 2 amide bonds. The lowest BCUT2D eigenvalue weighted by molar-refractivity contribution is 0.203. The van der Waals surface area contributed by atoms with Gasteiger partial charge in [-0.05, 0) is 37.6 Å². The Morgan fingerprint density at radius 1 is 1.35 bits per heavy atom. The highest BCUT2D eigenvalue weighted by atomic mass is 35.5. The minimum atomic E-state index is -0.218. The van der Waals surface area contributed by atoms with Gasteiger partial charge in [0, 0.05) is 24.2 Å². The minimum absolute atomic E-state index is 0.218. The molecule has 0 atom stereocenters. The summed E-state index contributed by atoms with van der Waals surface area (Å²) in [5.74, 6) is 0. The van der Waals surface area contributed by atoms with Crippen LogP contribution >= 0.6 is 23.2 Å². The van der Waals surface area contributed by atoms with E-state index in [2.05, 4.69) is 22.5 Å². The maximum absolute atomic E-state index is 11.9. The Labute approximate surface area is 129 Å². The molecule has 1 aromatic carbocycles. The summed E-state index contributed by atoms with van der Waals surface area (Å²) in [6, 6.07) is 5.01. The average Bonchev–Trinajstić information content (AvgIpc) is 2.43. The molecule has 2 N–H and O–H groups in total. The molecule has 0 aliphatic carbocycles. The third-order valence-electron chi connectivity index (χ3n) is 3.55. The number of likely N-dealkylation sites (tertiary alicyclic amines) is 1. The average molecular weight is 316 g/mol. The van der Waals surface area contributed by atoms with Gasteiger partial charge in [-0.1, -0.05) is 30.1 Å². The SMILES string of the molecule is CCN1CCC(NC(=O)Nc2ccc(Cl)cc2Cl)CC1. The summed E-state index contributed by atoms with van der Waals surface area (Å²) in [7, 11) is 0. The van der Waals surface area contributed by atoms with E-state index in [0.29, 0.717) is 15.7 Å². The quantitative estimate of drug-likeness (QED) is 0.895. The molecule has 0 saturated carbocycles. The van der Waals surface area contributed by atoms with Gasteiger partial charge in [0.05, 0.1) is 10.7 Å². The van der Waals surface area contributed by atoms with E-state index in [1.807, 2.05) is 0 Å². The number of nitrogens with one attached hydrogen (secondary N) is 2. The first-order valence-electron chi connectivity index (χ1n) is 6.83. The number of urea groups is 1. The van der Waals surface area contributed by atoms with Gasteiger partial charge >= 0.3 is 6.03 Å². The van der Waals surface area contributed by atoms with Crippen molar-refractivity contribution in [2.75, 3.05) is 25.0 Å². The molecular formula is C14H19Cl2N3O. The summed E-state index contributed by atoms with van der Waals surface area (Å²) < 4.78 is 0. The second kappa shape index (κ2) is 7.16. The Morgan fingerprint density at radius 2 is 2.05 bits per heavy atom. The summed E-state index contributed by atoms with van der Waals surface area (Å²) in [6.07, 6.45) is 1.96. The van der Waals surface area contributed by atoms with Crippen molar-refractivity contribution in [3.63, 3.8) is 0 Å². The largest absolute Gasteiger partial charge is 0.335 e. The Hall–Kier alpha value is -0.970. The Balaban J connectivity index is 1.84. The van der Waals surface area contributed by atoms with Crippen LogP contribution in [0.2, 0.25) is 10.0 Å². The number of carbonyl (C=O) groups excluding carboxylic acids is 1. The molecule has 0 aromatic heterocycles. The highest BCUT2D eigenvalue weighted by Gasteiger charge is 2.19. The van der Waals surface area contributed by atoms with Crippen molar-refractivity contribution in [1.82, 2.24) is 10.2 Å². The van der Waals surface area contributed by atoms with Gasteiger partial charge in [-0.3, -0.25) is 0 Å². The first-order chi connectivity index (χ1) is 9.58. The highest BCUT2D eigenvalue weighted by Crippen LogP contribution is 2.25. The third kappa shape index (κ3) is 4.27. The number of piperidine rings is 1. The van der Waals surface area contributed by atoms with E-state index in [1.165, 1.54) is 0 Å². The molecule has 1 heterocycles. The zero-order chi connectivity index (χ0) is 14.5. The topological polar surface area (TPSA) is 44.4 Å². The summed E-state index contributed by atoms with van der Waals surface area (Å²) in [5.41, 5.74) is 0.569. The number of amides is 2. The Kier molecular flexibility index (Phi) is 5.52. The molecule has 4 nitrogen and oxygen atoms in total. The second-order valence-electron chi connectivity index (χ2n) is 4.93. The van der Waals surface area contributed by atoms with Crippen molar-refractivity contribution in [3.05, 3.63) is 28.2 Å². The monoisotopic (exact) mass is 315 g/mol. The second-order valence-corrected chi connectivity index (χ2v) is 5.77. The van der Waals surface area contributed by atoms with Crippen LogP contribution in [0.3, 0.4) is 0 Å². The van der Waals surface area contributed by atoms with Gasteiger partial charge in [-0.25, -0.2) is 4.79 Å². The molecule has 0 unspecified atom stereocenters. The van der Waals surface area contributed by atoms with Gasteiger partial charge in [0.25, 0.3) is 0 Å². The number of hydrogen-bond donors (Lipinski definition) is 2. The van der Waals surface area contributed by atoms with Crippen LogP contribution in [0.4, 0.5) is 10.5 Å². The number of halogens is 2. The van der Waals surface area contributed by atoms with E-state index < -0.39 is 0 Å². The van der Waals surface area contributed by atoms with E-state index in [4.69, 9.17) is 23.2 Å². The van der Waals surface area contributed by atoms with Crippen molar-refractivity contribution in [2.45, 2.75) is 25.8 Å². The molecule has 1 saturated heterocycles. The van der Waals surface area contributed by atoms with Crippen LogP contribution < -0.4 is 10.6 Å².